The molecule has 26 heavy (non-hydrogen) atoms. The van der Waals surface area contributed by atoms with Gasteiger partial charge in [0.05, 0.1) is 18.0 Å². The van der Waals surface area contributed by atoms with Crippen LogP contribution in [0.4, 0.5) is 0 Å². The summed E-state index contributed by atoms with van der Waals surface area (Å²) in [5.74, 6) is 0.891. The first-order valence-electron chi connectivity index (χ1n) is 10.1. The summed E-state index contributed by atoms with van der Waals surface area (Å²) in [4.78, 5) is 12.4. The van der Waals surface area contributed by atoms with Gasteiger partial charge in [0.1, 0.15) is 0 Å². The minimum atomic E-state index is -3.14. The van der Waals surface area contributed by atoms with Crippen LogP contribution in [-0.2, 0) is 19.6 Å². The fraction of sp³-hybridized carbons (Fsp3) is 0.947. The molecule has 0 aromatic rings. The third kappa shape index (κ3) is 4.60. The van der Waals surface area contributed by atoms with E-state index in [1.807, 2.05) is 0 Å². The maximum atomic E-state index is 12.4. The minimum absolute atomic E-state index is 0.139. The number of amides is 1. The Morgan fingerprint density at radius 3 is 2.50 bits per heavy atom. The Morgan fingerprint density at radius 2 is 1.88 bits per heavy atom. The molecule has 1 N–H and O–H groups in total. The molecule has 1 amide bonds. The first-order chi connectivity index (χ1) is 12.2. The van der Waals surface area contributed by atoms with Crippen LogP contribution in [0.15, 0.2) is 0 Å². The van der Waals surface area contributed by atoms with Gasteiger partial charge in [-0.15, -0.1) is 0 Å². The molecular weight excluding hydrogens is 352 g/mol. The van der Waals surface area contributed by atoms with Crippen molar-refractivity contribution in [3.8, 4) is 0 Å². The van der Waals surface area contributed by atoms with Gasteiger partial charge in [0.15, 0.2) is 0 Å². The molecule has 3 rings (SSSR count). The van der Waals surface area contributed by atoms with E-state index in [2.05, 4.69) is 19.2 Å². The van der Waals surface area contributed by atoms with Gasteiger partial charge in [0, 0.05) is 31.5 Å². The third-order valence-corrected chi connectivity index (χ3v) is 7.61. The van der Waals surface area contributed by atoms with E-state index < -0.39 is 10.0 Å². The van der Waals surface area contributed by atoms with Crippen LogP contribution in [0, 0.1) is 11.8 Å². The van der Waals surface area contributed by atoms with Crippen LogP contribution in [0.2, 0.25) is 0 Å². The van der Waals surface area contributed by atoms with E-state index in [1.54, 1.807) is 4.31 Å². The second-order valence-electron chi connectivity index (χ2n) is 8.93. The van der Waals surface area contributed by atoms with Gasteiger partial charge in [-0.3, -0.25) is 4.79 Å². The molecule has 2 heterocycles. The summed E-state index contributed by atoms with van der Waals surface area (Å²) in [7, 11) is -3.14. The van der Waals surface area contributed by atoms with Crippen molar-refractivity contribution in [2.45, 2.75) is 83.0 Å². The molecule has 2 saturated heterocycles. The fourth-order valence-electron chi connectivity index (χ4n) is 5.00. The summed E-state index contributed by atoms with van der Waals surface area (Å²) in [6.45, 7) is 5.16. The number of hydrogen-bond acceptors (Lipinski definition) is 4. The Balaban J connectivity index is 1.71. The Hall–Kier alpha value is -0.660. The lowest BCUT2D eigenvalue weighted by Crippen LogP contribution is -2.61. The average Bonchev–Trinajstić information content (AvgIpc) is 2.53. The zero-order chi connectivity index (χ0) is 18.9. The van der Waals surface area contributed by atoms with Crippen molar-refractivity contribution >= 4 is 15.9 Å². The van der Waals surface area contributed by atoms with Crippen molar-refractivity contribution in [1.82, 2.24) is 9.62 Å². The summed E-state index contributed by atoms with van der Waals surface area (Å²) < 4.78 is 31.8. The van der Waals surface area contributed by atoms with Crippen LogP contribution in [-0.4, -0.2) is 55.7 Å². The molecule has 0 aromatic carbocycles. The molecule has 3 fully saturated rings. The van der Waals surface area contributed by atoms with Gasteiger partial charge in [-0.1, -0.05) is 26.7 Å². The Morgan fingerprint density at radius 1 is 1.23 bits per heavy atom. The predicted octanol–water partition coefficient (Wildman–Crippen LogP) is 2.29. The highest BCUT2D eigenvalue weighted by Gasteiger charge is 2.49. The summed E-state index contributed by atoms with van der Waals surface area (Å²) >= 11 is 0. The number of carbonyl (C=O) groups is 1. The van der Waals surface area contributed by atoms with Crippen LogP contribution >= 0.6 is 0 Å². The van der Waals surface area contributed by atoms with E-state index in [1.165, 1.54) is 19.1 Å². The summed E-state index contributed by atoms with van der Waals surface area (Å²) in [5.41, 5.74) is -0.282. The maximum absolute atomic E-state index is 12.4. The molecule has 1 spiro atoms. The second kappa shape index (κ2) is 7.76. The lowest BCUT2D eigenvalue weighted by atomic mass is 9.71. The fourth-order valence-corrected chi connectivity index (χ4v) is 5.84. The molecule has 0 radical (unpaired) electrons. The lowest BCUT2D eigenvalue weighted by Gasteiger charge is -2.53. The molecule has 0 aromatic heterocycles. The molecule has 3 aliphatic rings. The highest BCUT2D eigenvalue weighted by Crippen LogP contribution is 2.44. The molecule has 0 bridgehead atoms. The Labute approximate surface area is 158 Å². The summed E-state index contributed by atoms with van der Waals surface area (Å²) in [5, 5.41) is 3.31. The number of ether oxygens (including phenoxy) is 1. The SMILES string of the molecule is CC(C)CC(=O)N[C@@H]1CC2(CCN(S(C)(=O)=O)CC2)O[C@@H]2CCCC[C@@H]12. The predicted molar refractivity (Wildman–Crippen MR) is 101 cm³/mol. The Kier molecular flexibility index (Phi) is 5.99. The summed E-state index contributed by atoms with van der Waals surface area (Å²) in [6.07, 6.45) is 8.85. The third-order valence-electron chi connectivity index (χ3n) is 6.31. The van der Waals surface area contributed by atoms with E-state index in [9.17, 15) is 13.2 Å². The lowest BCUT2D eigenvalue weighted by molar-refractivity contribution is -0.190. The molecule has 2 aliphatic heterocycles. The van der Waals surface area contributed by atoms with Crippen molar-refractivity contribution in [2.24, 2.45) is 11.8 Å². The molecule has 3 atom stereocenters. The van der Waals surface area contributed by atoms with Gasteiger partial charge < -0.3 is 10.1 Å². The standard InChI is InChI=1S/C19H34N2O4S/c1-14(2)12-18(22)20-16-13-19(25-17-7-5-4-6-15(16)17)8-10-21(11-9-19)26(3,23)24/h14-17H,4-13H2,1-3H3,(H,20,22)/t15-,16+,17+/m0/s1. The van der Waals surface area contributed by atoms with Crippen molar-refractivity contribution in [1.29, 1.82) is 0 Å². The van der Waals surface area contributed by atoms with E-state index in [0.717, 1.165) is 32.1 Å². The topological polar surface area (TPSA) is 75.7 Å². The van der Waals surface area contributed by atoms with E-state index in [0.29, 0.717) is 31.3 Å². The smallest absolute Gasteiger partial charge is 0.220 e. The highest BCUT2D eigenvalue weighted by atomic mass is 32.2. The van der Waals surface area contributed by atoms with Gasteiger partial charge in [-0.05, 0) is 38.0 Å². The van der Waals surface area contributed by atoms with Gasteiger partial charge >= 0.3 is 0 Å². The molecule has 7 heteroatoms. The Bertz CT molecular complexity index is 611. The van der Waals surface area contributed by atoms with Crippen molar-refractivity contribution in [2.75, 3.05) is 19.3 Å². The monoisotopic (exact) mass is 386 g/mol. The van der Waals surface area contributed by atoms with Crippen molar-refractivity contribution in [3.05, 3.63) is 0 Å². The minimum Gasteiger partial charge on any atom is -0.371 e. The van der Waals surface area contributed by atoms with Crippen molar-refractivity contribution in [3.63, 3.8) is 0 Å². The molecule has 1 saturated carbocycles. The molecular formula is C19H34N2O4S. The number of carbonyl (C=O) groups excluding carboxylic acids is 1. The van der Waals surface area contributed by atoms with Gasteiger partial charge in [0.2, 0.25) is 15.9 Å². The molecule has 150 valence electrons. The number of hydrogen-bond donors (Lipinski definition) is 1. The highest BCUT2D eigenvalue weighted by molar-refractivity contribution is 7.88. The molecule has 0 unspecified atom stereocenters. The zero-order valence-electron chi connectivity index (χ0n) is 16.4. The number of rotatable bonds is 4. The number of nitrogens with zero attached hydrogens (tertiary/aromatic N) is 1. The van der Waals surface area contributed by atoms with Crippen LogP contribution in [0.3, 0.4) is 0 Å². The molecule has 1 aliphatic carbocycles. The molecule has 6 nitrogen and oxygen atoms in total. The number of nitrogens with one attached hydrogen (secondary N) is 1. The maximum Gasteiger partial charge on any atom is 0.220 e. The zero-order valence-corrected chi connectivity index (χ0v) is 17.2. The van der Waals surface area contributed by atoms with Gasteiger partial charge in [-0.2, -0.15) is 0 Å². The van der Waals surface area contributed by atoms with E-state index >= 15 is 0 Å². The van der Waals surface area contributed by atoms with Crippen LogP contribution in [0.25, 0.3) is 0 Å². The first kappa shape index (κ1) is 20.1. The van der Waals surface area contributed by atoms with Crippen LogP contribution in [0.5, 0.6) is 0 Å². The van der Waals surface area contributed by atoms with Crippen molar-refractivity contribution < 1.29 is 17.9 Å². The quantitative estimate of drug-likeness (QED) is 0.804. The average molecular weight is 387 g/mol. The van der Waals surface area contributed by atoms with E-state index in [-0.39, 0.29) is 23.7 Å². The number of sulfonamides is 1. The van der Waals surface area contributed by atoms with Gasteiger partial charge in [0.25, 0.3) is 0 Å². The van der Waals surface area contributed by atoms with Crippen LogP contribution in [0.1, 0.15) is 65.2 Å². The number of fused-ring (bicyclic) bond motifs is 1. The largest absolute Gasteiger partial charge is 0.371 e. The van der Waals surface area contributed by atoms with Gasteiger partial charge in [-0.25, -0.2) is 12.7 Å². The number of piperidine rings is 1. The normalized spacial score (nSPS) is 32.4. The first-order valence-corrected chi connectivity index (χ1v) is 12.0. The van der Waals surface area contributed by atoms with E-state index in [4.69, 9.17) is 4.74 Å². The summed E-state index contributed by atoms with van der Waals surface area (Å²) in [6, 6.07) is 0.157. The second-order valence-corrected chi connectivity index (χ2v) is 10.9. The van der Waals surface area contributed by atoms with Crippen LogP contribution < -0.4 is 5.32 Å².